The Morgan fingerprint density at radius 2 is 2.18 bits per heavy atom. The number of carbonyl (C=O) groups is 1. The number of thiol groups is 2. The maximum Gasteiger partial charge on any atom is 0.225 e. The highest BCUT2D eigenvalue weighted by Crippen LogP contribution is 2.28. The maximum absolute atomic E-state index is 11.0. The summed E-state index contributed by atoms with van der Waals surface area (Å²) in [5.74, 6) is 0.124. The van der Waals surface area contributed by atoms with Crippen LogP contribution < -0.4 is 5.73 Å². The third-order valence-electron chi connectivity index (χ3n) is 2.01. The smallest absolute Gasteiger partial charge is 0.225 e. The number of hydrogen-bond acceptors (Lipinski definition) is 3. The average Bonchev–Trinajstić information content (AvgIpc) is 2.01. The predicted molar refractivity (Wildman–Crippen MR) is 54.2 cm³/mol. The van der Waals surface area contributed by atoms with E-state index in [0.29, 0.717) is 5.75 Å². The van der Waals surface area contributed by atoms with E-state index in [4.69, 9.17) is 5.73 Å². The zero-order chi connectivity index (χ0) is 9.07. The van der Waals surface area contributed by atoms with E-state index in [-0.39, 0.29) is 11.2 Å². The number of rotatable bonds is 4. The third-order valence-corrected chi connectivity index (χ3v) is 3.61. The van der Waals surface area contributed by atoms with Gasteiger partial charge in [0.05, 0.1) is 5.41 Å². The van der Waals surface area contributed by atoms with Crippen LogP contribution in [0.4, 0.5) is 0 Å². The molecule has 0 rings (SSSR count). The van der Waals surface area contributed by atoms with Crippen molar-refractivity contribution in [2.24, 2.45) is 11.1 Å². The summed E-state index contributed by atoms with van der Waals surface area (Å²) in [6, 6.07) is 0. The molecule has 0 aliphatic carbocycles. The standard InChI is InChI=1S/C7H15NOS2/c1-3-5(11)7(2,4-10)6(8)9/h5,10-11H,3-4H2,1-2H3,(H2,8,9). The van der Waals surface area contributed by atoms with Crippen LogP contribution in [0.5, 0.6) is 0 Å². The number of amides is 1. The molecule has 11 heavy (non-hydrogen) atoms. The van der Waals surface area contributed by atoms with Gasteiger partial charge >= 0.3 is 0 Å². The molecule has 2 unspecified atom stereocenters. The molecular formula is C7H15NOS2. The topological polar surface area (TPSA) is 43.1 Å². The minimum absolute atomic E-state index is 0.00231. The van der Waals surface area contributed by atoms with E-state index in [0.717, 1.165) is 6.42 Å². The molecule has 2 atom stereocenters. The van der Waals surface area contributed by atoms with E-state index in [1.807, 2.05) is 6.92 Å². The SMILES string of the molecule is CCC(S)C(C)(CS)C(N)=O. The van der Waals surface area contributed by atoms with Crippen molar-refractivity contribution in [3.05, 3.63) is 0 Å². The largest absolute Gasteiger partial charge is 0.369 e. The molecule has 0 spiro atoms. The van der Waals surface area contributed by atoms with Crippen LogP contribution in [0.3, 0.4) is 0 Å². The Kier molecular flexibility index (Phi) is 4.32. The fourth-order valence-corrected chi connectivity index (χ4v) is 1.54. The zero-order valence-electron chi connectivity index (χ0n) is 6.87. The van der Waals surface area contributed by atoms with E-state index >= 15 is 0 Å². The Labute approximate surface area is 78.7 Å². The van der Waals surface area contributed by atoms with Crippen LogP contribution in [0.25, 0.3) is 0 Å². The molecule has 2 N–H and O–H groups in total. The monoisotopic (exact) mass is 193 g/mol. The van der Waals surface area contributed by atoms with Gasteiger partial charge in [-0.2, -0.15) is 25.3 Å². The molecular weight excluding hydrogens is 178 g/mol. The van der Waals surface area contributed by atoms with Gasteiger partial charge in [-0.05, 0) is 13.3 Å². The van der Waals surface area contributed by atoms with Crippen LogP contribution in [-0.2, 0) is 4.79 Å². The molecule has 0 aromatic carbocycles. The second-order valence-electron chi connectivity index (χ2n) is 2.86. The van der Waals surface area contributed by atoms with Crippen LogP contribution >= 0.6 is 25.3 Å². The molecule has 66 valence electrons. The van der Waals surface area contributed by atoms with Gasteiger partial charge < -0.3 is 5.73 Å². The fourth-order valence-electron chi connectivity index (χ4n) is 0.798. The minimum Gasteiger partial charge on any atom is -0.369 e. The lowest BCUT2D eigenvalue weighted by molar-refractivity contribution is -0.125. The highest BCUT2D eigenvalue weighted by molar-refractivity contribution is 7.81. The van der Waals surface area contributed by atoms with E-state index < -0.39 is 5.41 Å². The molecule has 0 saturated heterocycles. The predicted octanol–water partition coefficient (Wildman–Crippen LogP) is 1.12. The Bertz CT molecular complexity index is 151. The van der Waals surface area contributed by atoms with Gasteiger partial charge in [0, 0.05) is 11.0 Å². The van der Waals surface area contributed by atoms with Crippen LogP contribution in [0, 0.1) is 5.41 Å². The summed E-state index contributed by atoms with van der Waals surface area (Å²) in [4.78, 5) is 11.0. The van der Waals surface area contributed by atoms with Crippen molar-refractivity contribution < 1.29 is 4.79 Å². The summed E-state index contributed by atoms with van der Waals surface area (Å²) >= 11 is 8.36. The van der Waals surface area contributed by atoms with Gasteiger partial charge in [0.25, 0.3) is 0 Å². The van der Waals surface area contributed by atoms with Gasteiger partial charge in [-0.3, -0.25) is 4.79 Å². The summed E-state index contributed by atoms with van der Waals surface area (Å²) < 4.78 is 0. The van der Waals surface area contributed by atoms with E-state index in [1.54, 1.807) is 6.92 Å². The van der Waals surface area contributed by atoms with Gasteiger partial charge in [0.2, 0.25) is 5.91 Å². The molecule has 0 aliphatic rings. The third kappa shape index (κ3) is 2.30. The van der Waals surface area contributed by atoms with Crippen molar-refractivity contribution in [2.75, 3.05) is 5.75 Å². The molecule has 1 amide bonds. The lowest BCUT2D eigenvalue weighted by Crippen LogP contribution is -2.43. The summed E-state index contributed by atoms with van der Waals surface area (Å²) in [5, 5.41) is -0.00231. The van der Waals surface area contributed by atoms with Gasteiger partial charge in [-0.15, -0.1) is 0 Å². The zero-order valence-corrected chi connectivity index (χ0v) is 8.66. The Balaban J connectivity index is 4.45. The summed E-state index contributed by atoms with van der Waals surface area (Å²) in [6.07, 6.45) is 0.823. The van der Waals surface area contributed by atoms with Crippen molar-refractivity contribution in [1.29, 1.82) is 0 Å². The number of primary amides is 1. The van der Waals surface area contributed by atoms with Crippen molar-refractivity contribution in [3.63, 3.8) is 0 Å². The first-order valence-electron chi connectivity index (χ1n) is 3.57. The van der Waals surface area contributed by atoms with Crippen molar-refractivity contribution >= 4 is 31.2 Å². The number of carbonyl (C=O) groups excluding carboxylic acids is 1. The fraction of sp³-hybridized carbons (Fsp3) is 0.857. The average molecular weight is 193 g/mol. The second kappa shape index (κ2) is 4.26. The minimum atomic E-state index is -0.582. The quantitative estimate of drug-likeness (QED) is 0.575. The first kappa shape index (κ1) is 11.2. The summed E-state index contributed by atoms with van der Waals surface area (Å²) in [5.41, 5.74) is 4.64. The van der Waals surface area contributed by atoms with Gasteiger partial charge in [-0.25, -0.2) is 0 Å². The Morgan fingerprint density at radius 1 is 1.73 bits per heavy atom. The van der Waals surface area contributed by atoms with Gasteiger partial charge in [0.1, 0.15) is 0 Å². The number of nitrogens with two attached hydrogens (primary N) is 1. The Hall–Kier alpha value is 0.170. The first-order chi connectivity index (χ1) is 4.99. The molecule has 0 aromatic rings. The van der Waals surface area contributed by atoms with Gasteiger partial charge in [-0.1, -0.05) is 6.92 Å². The molecule has 0 saturated carbocycles. The molecule has 0 radical (unpaired) electrons. The van der Waals surface area contributed by atoms with E-state index in [9.17, 15) is 4.79 Å². The van der Waals surface area contributed by atoms with E-state index in [1.165, 1.54) is 0 Å². The van der Waals surface area contributed by atoms with E-state index in [2.05, 4.69) is 25.3 Å². The maximum atomic E-state index is 11.0. The number of hydrogen-bond donors (Lipinski definition) is 3. The van der Waals surface area contributed by atoms with Crippen molar-refractivity contribution in [1.82, 2.24) is 0 Å². The molecule has 0 aromatic heterocycles. The van der Waals surface area contributed by atoms with Crippen molar-refractivity contribution in [2.45, 2.75) is 25.5 Å². The highest BCUT2D eigenvalue weighted by atomic mass is 32.1. The molecule has 0 heterocycles. The van der Waals surface area contributed by atoms with Gasteiger partial charge in [0.15, 0.2) is 0 Å². The molecule has 0 bridgehead atoms. The van der Waals surface area contributed by atoms with Crippen LogP contribution in [0.2, 0.25) is 0 Å². The second-order valence-corrected chi connectivity index (χ2v) is 3.80. The Morgan fingerprint density at radius 3 is 2.27 bits per heavy atom. The lowest BCUT2D eigenvalue weighted by Gasteiger charge is -2.29. The van der Waals surface area contributed by atoms with Crippen LogP contribution in [-0.4, -0.2) is 16.9 Å². The first-order valence-corrected chi connectivity index (χ1v) is 4.72. The molecule has 0 aliphatic heterocycles. The normalized spacial score (nSPS) is 18.9. The molecule has 0 fully saturated rings. The lowest BCUT2D eigenvalue weighted by atomic mass is 9.86. The highest BCUT2D eigenvalue weighted by Gasteiger charge is 2.35. The molecule has 4 heteroatoms. The van der Waals surface area contributed by atoms with Crippen LogP contribution in [0.15, 0.2) is 0 Å². The van der Waals surface area contributed by atoms with Crippen LogP contribution in [0.1, 0.15) is 20.3 Å². The molecule has 2 nitrogen and oxygen atoms in total. The summed E-state index contributed by atoms with van der Waals surface area (Å²) in [7, 11) is 0. The van der Waals surface area contributed by atoms with Crippen molar-refractivity contribution in [3.8, 4) is 0 Å². The summed E-state index contributed by atoms with van der Waals surface area (Å²) in [6.45, 7) is 3.77.